The molecule has 0 aliphatic carbocycles. The van der Waals surface area contributed by atoms with Crippen molar-refractivity contribution in [3.05, 3.63) is 48.3 Å². The van der Waals surface area contributed by atoms with E-state index >= 15 is 0 Å². The van der Waals surface area contributed by atoms with Gasteiger partial charge < -0.3 is 10.5 Å². The van der Waals surface area contributed by atoms with Gasteiger partial charge in [0.1, 0.15) is 5.75 Å². The van der Waals surface area contributed by atoms with E-state index in [-0.39, 0.29) is 24.8 Å². The van der Waals surface area contributed by atoms with Crippen LogP contribution in [0.25, 0.3) is 11.1 Å². The van der Waals surface area contributed by atoms with E-state index < -0.39 is 0 Å². The van der Waals surface area contributed by atoms with Gasteiger partial charge in [0.25, 0.3) is 0 Å². The maximum Gasteiger partial charge on any atom is 0.119 e. The Bertz CT molecular complexity index is 446. The van der Waals surface area contributed by atoms with Crippen LogP contribution in [0.15, 0.2) is 42.7 Å². The number of benzene rings is 1. The van der Waals surface area contributed by atoms with Crippen LogP contribution in [0, 0.1) is 0 Å². The number of pyridine rings is 1. The third-order valence-corrected chi connectivity index (χ3v) is 2.43. The Morgan fingerprint density at radius 1 is 1.11 bits per heavy atom. The second-order valence-corrected chi connectivity index (χ2v) is 3.52. The number of nitrogens with two attached hydrogens (primary N) is 1. The standard InChI is InChI=1S/C13H14N2O.2ClH/c1-16-13-4-2-3-11(6-13)12-5-10(7-14)8-15-9-12;;/h2-6,8-9H,7,14H2,1H3;2*1H. The highest BCUT2D eigenvalue weighted by Crippen LogP contribution is 2.23. The van der Waals surface area contributed by atoms with E-state index in [9.17, 15) is 0 Å². The molecule has 98 valence electrons. The first kappa shape index (κ1) is 16.7. The minimum atomic E-state index is 0. The van der Waals surface area contributed by atoms with Crippen LogP contribution >= 0.6 is 24.8 Å². The van der Waals surface area contributed by atoms with Crippen LogP contribution in [0.5, 0.6) is 5.75 Å². The van der Waals surface area contributed by atoms with E-state index in [0.717, 1.165) is 22.4 Å². The number of methoxy groups -OCH3 is 1. The zero-order valence-electron chi connectivity index (χ0n) is 10.00. The lowest BCUT2D eigenvalue weighted by molar-refractivity contribution is 0.415. The Kier molecular flexibility index (Phi) is 7.36. The molecule has 5 heteroatoms. The summed E-state index contributed by atoms with van der Waals surface area (Å²) in [7, 11) is 1.66. The molecule has 3 nitrogen and oxygen atoms in total. The first-order valence-corrected chi connectivity index (χ1v) is 5.12. The van der Waals surface area contributed by atoms with Gasteiger partial charge >= 0.3 is 0 Å². The lowest BCUT2D eigenvalue weighted by atomic mass is 10.1. The molecule has 0 radical (unpaired) electrons. The monoisotopic (exact) mass is 286 g/mol. The molecule has 0 unspecified atom stereocenters. The van der Waals surface area contributed by atoms with Gasteiger partial charge in [0.05, 0.1) is 7.11 Å². The van der Waals surface area contributed by atoms with Crippen LogP contribution in [0.2, 0.25) is 0 Å². The molecule has 1 aromatic heterocycles. The Hall–Kier alpha value is -1.29. The van der Waals surface area contributed by atoms with E-state index in [4.69, 9.17) is 10.5 Å². The summed E-state index contributed by atoms with van der Waals surface area (Å²) in [6.45, 7) is 0.505. The molecule has 0 amide bonds. The third kappa shape index (κ3) is 3.88. The number of hydrogen-bond acceptors (Lipinski definition) is 3. The molecule has 0 atom stereocenters. The van der Waals surface area contributed by atoms with Gasteiger partial charge in [-0.25, -0.2) is 0 Å². The van der Waals surface area contributed by atoms with Crippen LogP contribution in [0.1, 0.15) is 5.56 Å². The van der Waals surface area contributed by atoms with Gasteiger partial charge in [0.15, 0.2) is 0 Å². The van der Waals surface area contributed by atoms with Crippen molar-refractivity contribution in [3.63, 3.8) is 0 Å². The minimum Gasteiger partial charge on any atom is -0.497 e. The zero-order valence-corrected chi connectivity index (χ0v) is 11.6. The molecule has 1 heterocycles. The van der Waals surface area contributed by atoms with Crippen molar-refractivity contribution in [1.29, 1.82) is 0 Å². The smallest absolute Gasteiger partial charge is 0.119 e. The molecule has 2 rings (SSSR count). The molecule has 2 aromatic rings. The predicted molar refractivity (Wildman–Crippen MR) is 78.6 cm³/mol. The molecular weight excluding hydrogens is 271 g/mol. The van der Waals surface area contributed by atoms with Crippen LogP contribution in [-0.4, -0.2) is 12.1 Å². The average molecular weight is 287 g/mol. The predicted octanol–water partition coefficient (Wildman–Crippen LogP) is 3.06. The minimum absolute atomic E-state index is 0. The number of halogens is 2. The molecule has 0 fully saturated rings. The number of ether oxygens (including phenoxy) is 1. The molecule has 0 saturated heterocycles. The largest absolute Gasteiger partial charge is 0.497 e. The molecule has 0 saturated carbocycles. The van der Waals surface area contributed by atoms with Gasteiger partial charge in [-0.2, -0.15) is 0 Å². The Balaban J connectivity index is 0.00000144. The number of nitrogens with zero attached hydrogens (tertiary/aromatic N) is 1. The summed E-state index contributed by atoms with van der Waals surface area (Å²) in [5, 5.41) is 0. The van der Waals surface area contributed by atoms with Crippen molar-refractivity contribution >= 4 is 24.8 Å². The highest BCUT2D eigenvalue weighted by atomic mass is 35.5. The maximum absolute atomic E-state index is 5.59. The molecule has 18 heavy (non-hydrogen) atoms. The fraction of sp³-hybridized carbons (Fsp3) is 0.154. The number of aromatic nitrogens is 1. The Morgan fingerprint density at radius 3 is 2.56 bits per heavy atom. The van der Waals surface area contributed by atoms with Crippen molar-refractivity contribution < 1.29 is 4.74 Å². The summed E-state index contributed by atoms with van der Waals surface area (Å²) in [4.78, 5) is 4.17. The first-order valence-electron chi connectivity index (χ1n) is 5.12. The number of rotatable bonds is 3. The van der Waals surface area contributed by atoms with Crippen LogP contribution < -0.4 is 10.5 Å². The fourth-order valence-corrected chi connectivity index (χ4v) is 1.56. The summed E-state index contributed by atoms with van der Waals surface area (Å²) in [5.41, 5.74) is 8.76. The summed E-state index contributed by atoms with van der Waals surface area (Å²) in [6.07, 6.45) is 3.61. The van der Waals surface area contributed by atoms with Gasteiger partial charge in [-0.05, 0) is 29.3 Å². The highest BCUT2D eigenvalue weighted by molar-refractivity contribution is 5.85. The van der Waals surface area contributed by atoms with Crippen LogP contribution in [0.4, 0.5) is 0 Å². The van der Waals surface area contributed by atoms with Crippen LogP contribution in [0.3, 0.4) is 0 Å². The summed E-state index contributed by atoms with van der Waals surface area (Å²) in [5.74, 6) is 0.843. The molecule has 0 spiro atoms. The van der Waals surface area contributed by atoms with Gasteiger partial charge in [-0.1, -0.05) is 12.1 Å². The third-order valence-electron chi connectivity index (χ3n) is 2.43. The van der Waals surface area contributed by atoms with E-state index in [1.807, 2.05) is 36.5 Å². The second kappa shape index (κ2) is 7.93. The normalized spacial score (nSPS) is 9.00. The second-order valence-electron chi connectivity index (χ2n) is 3.52. The topological polar surface area (TPSA) is 48.1 Å². The summed E-state index contributed by atoms with van der Waals surface area (Å²) < 4.78 is 5.19. The lowest BCUT2D eigenvalue weighted by Gasteiger charge is -2.05. The number of hydrogen-bond donors (Lipinski definition) is 1. The van der Waals surface area contributed by atoms with Crippen molar-refractivity contribution in [1.82, 2.24) is 4.98 Å². The van der Waals surface area contributed by atoms with Gasteiger partial charge in [0, 0.05) is 24.5 Å². The Morgan fingerprint density at radius 2 is 1.89 bits per heavy atom. The van der Waals surface area contributed by atoms with Gasteiger partial charge in [-0.15, -0.1) is 24.8 Å². The van der Waals surface area contributed by atoms with Crippen molar-refractivity contribution in [2.24, 2.45) is 5.73 Å². The maximum atomic E-state index is 5.59. The zero-order chi connectivity index (χ0) is 11.4. The SMILES string of the molecule is COc1cccc(-c2cncc(CN)c2)c1.Cl.Cl. The van der Waals surface area contributed by atoms with E-state index in [1.165, 1.54) is 0 Å². The van der Waals surface area contributed by atoms with Crippen molar-refractivity contribution in [2.75, 3.05) is 7.11 Å². The van der Waals surface area contributed by atoms with E-state index in [0.29, 0.717) is 6.54 Å². The molecular formula is C13H16Cl2N2O. The first-order chi connectivity index (χ1) is 7.83. The van der Waals surface area contributed by atoms with Gasteiger partial charge in [0.2, 0.25) is 0 Å². The summed E-state index contributed by atoms with van der Waals surface area (Å²) >= 11 is 0. The Labute approximate surface area is 119 Å². The van der Waals surface area contributed by atoms with Crippen molar-refractivity contribution in [3.8, 4) is 16.9 Å². The molecule has 0 bridgehead atoms. The van der Waals surface area contributed by atoms with E-state index in [1.54, 1.807) is 13.3 Å². The lowest BCUT2D eigenvalue weighted by Crippen LogP contribution is -1.97. The quantitative estimate of drug-likeness (QED) is 0.943. The van der Waals surface area contributed by atoms with E-state index in [2.05, 4.69) is 4.98 Å². The van der Waals surface area contributed by atoms with Crippen molar-refractivity contribution in [2.45, 2.75) is 6.54 Å². The van der Waals surface area contributed by atoms with Crippen LogP contribution in [-0.2, 0) is 6.54 Å². The molecule has 0 aliphatic rings. The highest BCUT2D eigenvalue weighted by Gasteiger charge is 2.00. The van der Waals surface area contributed by atoms with Gasteiger partial charge in [-0.3, -0.25) is 4.98 Å². The molecule has 1 aromatic carbocycles. The molecule has 2 N–H and O–H groups in total. The summed E-state index contributed by atoms with van der Waals surface area (Å²) in [6, 6.07) is 9.94. The average Bonchev–Trinajstić information content (AvgIpc) is 2.39. The fourth-order valence-electron chi connectivity index (χ4n) is 1.56. The molecule has 0 aliphatic heterocycles.